The van der Waals surface area contributed by atoms with Crippen molar-refractivity contribution in [2.45, 2.75) is 72.1 Å². The molecule has 0 aliphatic heterocycles. The van der Waals surface area contributed by atoms with Crippen molar-refractivity contribution in [2.24, 2.45) is 0 Å². The Hall–Kier alpha value is -0.610. The van der Waals surface area contributed by atoms with Crippen LogP contribution in [0.2, 0.25) is 0 Å². The molecule has 0 bridgehead atoms. The van der Waals surface area contributed by atoms with Crippen molar-refractivity contribution in [3.05, 3.63) is 0 Å². The van der Waals surface area contributed by atoms with Gasteiger partial charge in [0.25, 0.3) is 0 Å². The highest BCUT2D eigenvalue weighted by atomic mass is 16.5. The Labute approximate surface area is 111 Å². The molecule has 1 N–H and O–H groups in total. The van der Waals surface area contributed by atoms with Crippen LogP contribution in [0.5, 0.6) is 0 Å². The third kappa shape index (κ3) is 5.83. The molecular formula is C14H29NO3. The highest BCUT2D eigenvalue weighted by Gasteiger charge is 2.37. The highest BCUT2D eigenvalue weighted by molar-refractivity contribution is 5.80. The van der Waals surface area contributed by atoms with Gasteiger partial charge in [-0.15, -0.1) is 0 Å². The number of rotatable bonds is 8. The van der Waals surface area contributed by atoms with Gasteiger partial charge in [0.15, 0.2) is 0 Å². The molecule has 0 aliphatic rings. The molecule has 0 spiro atoms. The van der Waals surface area contributed by atoms with E-state index in [4.69, 9.17) is 9.47 Å². The number of ether oxygens (including phenoxy) is 2. The van der Waals surface area contributed by atoms with Crippen LogP contribution in [-0.2, 0) is 14.3 Å². The number of carbonyl (C=O) groups excluding carboxylic acids is 1. The lowest BCUT2D eigenvalue weighted by molar-refractivity contribution is -0.156. The molecule has 1 unspecified atom stereocenters. The molecule has 0 heterocycles. The van der Waals surface area contributed by atoms with Gasteiger partial charge in [-0.2, -0.15) is 0 Å². The van der Waals surface area contributed by atoms with Crippen molar-refractivity contribution in [1.29, 1.82) is 0 Å². The summed E-state index contributed by atoms with van der Waals surface area (Å²) in [6.45, 7) is 14.4. The van der Waals surface area contributed by atoms with E-state index < -0.39 is 5.54 Å². The minimum absolute atomic E-state index is 0.188. The lowest BCUT2D eigenvalue weighted by atomic mass is 10.0. The molecule has 0 aromatic carbocycles. The summed E-state index contributed by atoms with van der Waals surface area (Å²) in [6, 6.07) is 0.188. The zero-order valence-corrected chi connectivity index (χ0v) is 12.9. The lowest BCUT2D eigenvalue weighted by Crippen LogP contribution is -2.57. The van der Waals surface area contributed by atoms with Gasteiger partial charge in [-0.25, -0.2) is 4.79 Å². The molecular weight excluding hydrogens is 230 g/mol. The lowest BCUT2D eigenvalue weighted by Gasteiger charge is -2.34. The fourth-order valence-electron chi connectivity index (χ4n) is 1.53. The Balaban J connectivity index is 4.72. The van der Waals surface area contributed by atoms with Crippen LogP contribution >= 0.6 is 0 Å². The van der Waals surface area contributed by atoms with Crippen molar-refractivity contribution in [3.63, 3.8) is 0 Å². The average Bonchev–Trinajstić information content (AvgIpc) is 2.26. The van der Waals surface area contributed by atoms with Gasteiger partial charge < -0.3 is 9.47 Å². The van der Waals surface area contributed by atoms with E-state index in [0.29, 0.717) is 13.2 Å². The quantitative estimate of drug-likeness (QED) is 0.680. The Bertz CT molecular complexity index is 264. The summed E-state index contributed by atoms with van der Waals surface area (Å²) in [5, 5.41) is 3.24. The minimum atomic E-state index is -0.795. The molecule has 0 aromatic heterocycles. The minimum Gasteiger partial charge on any atom is -0.465 e. The Morgan fingerprint density at radius 2 is 1.78 bits per heavy atom. The summed E-state index contributed by atoms with van der Waals surface area (Å²) in [5.74, 6) is -0.259. The number of hydrogen-bond donors (Lipinski definition) is 1. The summed E-state index contributed by atoms with van der Waals surface area (Å²) in [5.41, 5.74) is -1.02. The van der Waals surface area contributed by atoms with Gasteiger partial charge in [0.05, 0.1) is 18.8 Å². The molecule has 1 atom stereocenters. The van der Waals surface area contributed by atoms with Gasteiger partial charge in [-0.3, -0.25) is 5.32 Å². The molecule has 0 fully saturated rings. The standard InChI is InChI=1S/C14H29NO3/c1-8-13(5,6)18-10-14(7,15-11(3)4)12(16)17-9-2/h11,15H,8-10H2,1-7H3. The molecule has 0 rings (SSSR count). The molecule has 108 valence electrons. The first kappa shape index (κ1) is 17.4. The monoisotopic (exact) mass is 259 g/mol. The average molecular weight is 259 g/mol. The van der Waals surface area contributed by atoms with Gasteiger partial charge in [0.2, 0.25) is 0 Å². The number of esters is 1. The van der Waals surface area contributed by atoms with E-state index in [2.05, 4.69) is 12.2 Å². The number of hydrogen-bond acceptors (Lipinski definition) is 4. The smallest absolute Gasteiger partial charge is 0.328 e. The van der Waals surface area contributed by atoms with Crippen LogP contribution in [0.25, 0.3) is 0 Å². The van der Waals surface area contributed by atoms with Crippen molar-refractivity contribution in [3.8, 4) is 0 Å². The summed E-state index contributed by atoms with van der Waals surface area (Å²) in [6.07, 6.45) is 0.896. The van der Waals surface area contributed by atoms with Gasteiger partial charge in [-0.05, 0) is 48.0 Å². The van der Waals surface area contributed by atoms with Crippen molar-refractivity contribution in [2.75, 3.05) is 13.2 Å². The van der Waals surface area contributed by atoms with Gasteiger partial charge >= 0.3 is 5.97 Å². The first-order chi connectivity index (χ1) is 8.17. The molecule has 0 radical (unpaired) electrons. The van der Waals surface area contributed by atoms with E-state index in [1.807, 2.05) is 41.5 Å². The second-order valence-electron chi connectivity index (χ2n) is 5.75. The van der Waals surface area contributed by atoms with Crippen molar-refractivity contribution in [1.82, 2.24) is 5.32 Å². The van der Waals surface area contributed by atoms with Crippen LogP contribution in [0.15, 0.2) is 0 Å². The summed E-state index contributed by atoms with van der Waals surface area (Å²) < 4.78 is 11.0. The predicted octanol–water partition coefficient (Wildman–Crippen LogP) is 2.51. The van der Waals surface area contributed by atoms with E-state index in [0.717, 1.165) is 6.42 Å². The second kappa shape index (κ2) is 7.10. The molecule has 18 heavy (non-hydrogen) atoms. The fraction of sp³-hybridized carbons (Fsp3) is 0.929. The molecule has 0 aliphatic carbocycles. The molecule has 0 amide bonds. The van der Waals surface area contributed by atoms with Crippen LogP contribution in [0.4, 0.5) is 0 Å². The Morgan fingerprint density at radius 1 is 1.22 bits per heavy atom. The normalized spacial score (nSPS) is 15.6. The summed E-state index contributed by atoms with van der Waals surface area (Å²) >= 11 is 0. The Kier molecular flexibility index (Phi) is 6.86. The first-order valence-corrected chi connectivity index (χ1v) is 6.75. The highest BCUT2D eigenvalue weighted by Crippen LogP contribution is 2.18. The van der Waals surface area contributed by atoms with E-state index >= 15 is 0 Å². The zero-order chi connectivity index (χ0) is 14.4. The van der Waals surface area contributed by atoms with Gasteiger partial charge in [0, 0.05) is 6.04 Å². The van der Waals surface area contributed by atoms with E-state index in [9.17, 15) is 4.79 Å². The molecule has 4 heteroatoms. The fourth-order valence-corrected chi connectivity index (χ4v) is 1.53. The molecule has 0 saturated heterocycles. The maximum atomic E-state index is 12.0. The van der Waals surface area contributed by atoms with E-state index in [1.165, 1.54) is 0 Å². The molecule has 0 saturated carbocycles. The molecule has 0 aromatic rings. The van der Waals surface area contributed by atoms with Crippen LogP contribution in [0, 0.1) is 0 Å². The molecule has 4 nitrogen and oxygen atoms in total. The van der Waals surface area contributed by atoms with Crippen molar-refractivity contribution < 1.29 is 14.3 Å². The van der Waals surface area contributed by atoms with E-state index in [-0.39, 0.29) is 17.6 Å². The Morgan fingerprint density at radius 3 is 2.17 bits per heavy atom. The SMILES string of the molecule is CCOC(=O)C(C)(COC(C)(C)CC)NC(C)C. The summed E-state index contributed by atoms with van der Waals surface area (Å²) in [7, 11) is 0. The maximum absolute atomic E-state index is 12.0. The second-order valence-corrected chi connectivity index (χ2v) is 5.75. The van der Waals surface area contributed by atoms with Gasteiger partial charge in [-0.1, -0.05) is 6.92 Å². The van der Waals surface area contributed by atoms with E-state index in [1.54, 1.807) is 0 Å². The third-order valence-corrected chi connectivity index (χ3v) is 2.94. The predicted molar refractivity (Wildman–Crippen MR) is 73.6 cm³/mol. The summed E-state index contributed by atoms with van der Waals surface area (Å²) in [4.78, 5) is 12.0. The van der Waals surface area contributed by atoms with Crippen molar-refractivity contribution >= 4 is 5.97 Å². The zero-order valence-electron chi connectivity index (χ0n) is 12.9. The first-order valence-electron chi connectivity index (χ1n) is 6.75. The van der Waals surface area contributed by atoms with Crippen LogP contribution < -0.4 is 5.32 Å². The van der Waals surface area contributed by atoms with Crippen LogP contribution in [0.1, 0.15) is 54.9 Å². The van der Waals surface area contributed by atoms with Crippen LogP contribution in [0.3, 0.4) is 0 Å². The number of carbonyl (C=O) groups is 1. The maximum Gasteiger partial charge on any atom is 0.328 e. The third-order valence-electron chi connectivity index (χ3n) is 2.94. The topological polar surface area (TPSA) is 47.6 Å². The van der Waals surface area contributed by atoms with Gasteiger partial charge in [0.1, 0.15) is 5.54 Å². The largest absolute Gasteiger partial charge is 0.465 e. The number of nitrogens with one attached hydrogen (secondary N) is 1. The van der Waals surface area contributed by atoms with Crippen LogP contribution in [-0.4, -0.2) is 36.4 Å².